The molecule has 0 saturated heterocycles. The van der Waals surface area contributed by atoms with Crippen LogP contribution in [0, 0.1) is 0 Å². The number of ether oxygens (including phenoxy) is 2. The molecule has 1 aromatic carbocycles. The Morgan fingerprint density at radius 2 is 2.00 bits per heavy atom. The van der Waals surface area contributed by atoms with E-state index < -0.39 is 5.97 Å². The molecule has 5 heteroatoms. The maximum atomic E-state index is 11.8. The molecule has 0 unspecified atom stereocenters. The van der Waals surface area contributed by atoms with E-state index in [0.29, 0.717) is 29.8 Å². The molecule has 0 spiro atoms. The second-order valence-electron chi connectivity index (χ2n) is 4.19. The van der Waals surface area contributed by atoms with E-state index in [4.69, 9.17) is 9.47 Å². The van der Waals surface area contributed by atoms with Gasteiger partial charge in [0.2, 0.25) is 0 Å². The van der Waals surface area contributed by atoms with Crippen LogP contribution in [0.15, 0.2) is 49.2 Å². The number of nitrogens with zero attached hydrogens (tertiary/aromatic N) is 2. The molecule has 5 nitrogen and oxygen atoms in total. The zero-order chi connectivity index (χ0) is 17.1. The summed E-state index contributed by atoms with van der Waals surface area (Å²) < 4.78 is 10.2. The van der Waals surface area contributed by atoms with Gasteiger partial charge in [0.05, 0.1) is 25.0 Å². The number of hydrogen-bond acceptors (Lipinski definition) is 5. The van der Waals surface area contributed by atoms with Crippen LogP contribution in [0.1, 0.15) is 30.6 Å². The number of carbonyl (C=O) groups is 1. The van der Waals surface area contributed by atoms with Crippen LogP contribution in [0.3, 0.4) is 0 Å². The molecule has 1 aromatic heterocycles. The molecular formula is C18H22N2O3. The first-order valence-electron chi connectivity index (χ1n) is 7.50. The summed E-state index contributed by atoms with van der Waals surface area (Å²) in [6.07, 6.45) is 4.07. The number of methoxy groups -OCH3 is 1. The molecule has 0 bridgehead atoms. The number of hydrogen-bond donors (Lipinski definition) is 0. The van der Waals surface area contributed by atoms with E-state index in [1.807, 2.05) is 26.0 Å². The van der Waals surface area contributed by atoms with Crippen LogP contribution >= 0.6 is 0 Å². The van der Waals surface area contributed by atoms with Gasteiger partial charge < -0.3 is 9.47 Å². The molecule has 0 saturated carbocycles. The molecule has 0 amide bonds. The first-order valence-corrected chi connectivity index (χ1v) is 7.50. The van der Waals surface area contributed by atoms with Crippen molar-refractivity contribution >= 4 is 5.97 Å². The lowest BCUT2D eigenvalue weighted by Crippen LogP contribution is -2.05. The van der Waals surface area contributed by atoms with E-state index in [1.165, 1.54) is 7.11 Å². The molecule has 0 aliphatic rings. The third-order valence-electron chi connectivity index (χ3n) is 2.79. The van der Waals surface area contributed by atoms with Crippen molar-refractivity contribution in [3.05, 3.63) is 54.7 Å². The van der Waals surface area contributed by atoms with Crippen molar-refractivity contribution in [3.63, 3.8) is 0 Å². The highest BCUT2D eigenvalue weighted by Crippen LogP contribution is 2.23. The number of esters is 1. The van der Waals surface area contributed by atoms with Gasteiger partial charge in [0.25, 0.3) is 0 Å². The zero-order valence-corrected chi connectivity index (χ0v) is 13.8. The molecule has 0 radical (unpaired) electrons. The fourth-order valence-electron chi connectivity index (χ4n) is 1.79. The largest absolute Gasteiger partial charge is 0.465 e. The van der Waals surface area contributed by atoms with Gasteiger partial charge in [0.15, 0.2) is 0 Å². The number of aromatic nitrogens is 2. The second kappa shape index (κ2) is 10.1. The Balaban J connectivity index is 0.00000127. The van der Waals surface area contributed by atoms with E-state index in [9.17, 15) is 4.79 Å². The van der Waals surface area contributed by atoms with E-state index >= 15 is 0 Å². The highest BCUT2D eigenvalue weighted by molar-refractivity contribution is 5.96. The normalized spacial score (nSPS) is 9.35. The third kappa shape index (κ3) is 5.21. The summed E-state index contributed by atoms with van der Waals surface area (Å²) in [6.45, 7) is 8.09. The van der Waals surface area contributed by atoms with Crippen molar-refractivity contribution in [2.24, 2.45) is 0 Å². The molecule has 2 rings (SSSR count). The Labute approximate surface area is 137 Å². The molecule has 1 heterocycles. The second-order valence-corrected chi connectivity index (χ2v) is 4.19. The summed E-state index contributed by atoms with van der Waals surface area (Å²) in [5, 5.41) is 0. The SMILES string of the molecule is C=CCCOc1nccc(-c2ccccc2C(=O)OC)n1.CC. The Kier molecular flexibility index (Phi) is 8.07. The summed E-state index contributed by atoms with van der Waals surface area (Å²) in [5.41, 5.74) is 1.75. The molecule has 0 aliphatic heterocycles. The van der Waals surface area contributed by atoms with Crippen molar-refractivity contribution in [1.82, 2.24) is 9.97 Å². The summed E-state index contributed by atoms with van der Waals surface area (Å²) in [5.74, 6) is -0.404. The van der Waals surface area contributed by atoms with Crippen molar-refractivity contribution in [1.29, 1.82) is 0 Å². The highest BCUT2D eigenvalue weighted by atomic mass is 16.5. The van der Waals surface area contributed by atoms with E-state index in [0.717, 1.165) is 0 Å². The van der Waals surface area contributed by atoms with Gasteiger partial charge in [-0.3, -0.25) is 0 Å². The van der Waals surface area contributed by atoms with Crippen LogP contribution in [0.2, 0.25) is 0 Å². The monoisotopic (exact) mass is 314 g/mol. The summed E-state index contributed by atoms with van der Waals surface area (Å²) in [6, 6.07) is 9.11. The minimum absolute atomic E-state index is 0.272. The van der Waals surface area contributed by atoms with Crippen LogP contribution in [0.4, 0.5) is 0 Å². The van der Waals surface area contributed by atoms with Gasteiger partial charge in [-0.2, -0.15) is 4.98 Å². The van der Waals surface area contributed by atoms with Crippen LogP contribution in [0.5, 0.6) is 6.01 Å². The van der Waals surface area contributed by atoms with Crippen LogP contribution in [-0.2, 0) is 4.74 Å². The standard InChI is InChI=1S/C16H16N2O3.C2H6/c1-3-4-11-21-16-17-10-9-14(18-16)12-7-5-6-8-13(12)15(19)20-2;1-2/h3,5-10H,1,4,11H2,2H3;1-2H3. The predicted octanol–water partition coefficient (Wildman–Crippen LogP) is 3.91. The predicted molar refractivity (Wildman–Crippen MR) is 90.5 cm³/mol. The van der Waals surface area contributed by atoms with E-state index in [1.54, 1.807) is 30.5 Å². The molecule has 0 fully saturated rings. The van der Waals surface area contributed by atoms with Gasteiger partial charge in [-0.25, -0.2) is 9.78 Å². The lowest BCUT2D eigenvalue weighted by atomic mass is 10.0. The molecule has 0 atom stereocenters. The maximum absolute atomic E-state index is 11.8. The van der Waals surface area contributed by atoms with Gasteiger partial charge in [-0.1, -0.05) is 38.1 Å². The van der Waals surface area contributed by atoms with Gasteiger partial charge in [0, 0.05) is 11.8 Å². The Bertz CT molecular complexity index is 642. The Morgan fingerprint density at radius 3 is 2.70 bits per heavy atom. The molecular weight excluding hydrogens is 292 g/mol. The summed E-state index contributed by atoms with van der Waals surface area (Å²) in [4.78, 5) is 20.2. The number of carbonyl (C=O) groups excluding carboxylic acids is 1. The summed E-state index contributed by atoms with van der Waals surface area (Å²) in [7, 11) is 1.35. The molecule has 0 N–H and O–H groups in total. The topological polar surface area (TPSA) is 61.3 Å². The minimum Gasteiger partial charge on any atom is -0.465 e. The average molecular weight is 314 g/mol. The summed E-state index contributed by atoms with van der Waals surface area (Å²) >= 11 is 0. The average Bonchev–Trinajstić information content (AvgIpc) is 2.63. The lowest BCUT2D eigenvalue weighted by molar-refractivity contribution is 0.0601. The van der Waals surface area contributed by atoms with Gasteiger partial charge in [0.1, 0.15) is 0 Å². The fraction of sp³-hybridized carbons (Fsp3) is 0.278. The number of rotatable bonds is 6. The lowest BCUT2D eigenvalue weighted by Gasteiger charge is -2.08. The van der Waals surface area contributed by atoms with Gasteiger partial charge in [-0.15, -0.1) is 6.58 Å². The van der Waals surface area contributed by atoms with E-state index in [2.05, 4.69) is 16.5 Å². The Morgan fingerprint density at radius 1 is 1.26 bits per heavy atom. The van der Waals surface area contributed by atoms with Gasteiger partial charge >= 0.3 is 12.0 Å². The molecule has 23 heavy (non-hydrogen) atoms. The van der Waals surface area contributed by atoms with Crippen molar-refractivity contribution in [3.8, 4) is 17.3 Å². The van der Waals surface area contributed by atoms with E-state index in [-0.39, 0.29) is 6.01 Å². The zero-order valence-electron chi connectivity index (χ0n) is 13.8. The quantitative estimate of drug-likeness (QED) is 0.459. The molecule has 0 aliphatic carbocycles. The minimum atomic E-state index is -0.404. The maximum Gasteiger partial charge on any atom is 0.338 e. The van der Waals surface area contributed by atoms with Crippen LogP contribution in [-0.4, -0.2) is 29.7 Å². The first kappa shape index (κ1) is 18.4. The van der Waals surface area contributed by atoms with Crippen molar-refractivity contribution < 1.29 is 14.3 Å². The smallest absolute Gasteiger partial charge is 0.338 e. The van der Waals surface area contributed by atoms with Gasteiger partial charge in [-0.05, 0) is 18.6 Å². The van der Waals surface area contributed by atoms with Crippen molar-refractivity contribution in [2.75, 3.05) is 13.7 Å². The highest BCUT2D eigenvalue weighted by Gasteiger charge is 2.14. The number of benzene rings is 1. The van der Waals surface area contributed by atoms with Crippen LogP contribution < -0.4 is 4.74 Å². The van der Waals surface area contributed by atoms with Crippen LogP contribution in [0.25, 0.3) is 11.3 Å². The van der Waals surface area contributed by atoms with Crippen molar-refractivity contribution in [2.45, 2.75) is 20.3 Å². The Hall–Kier alpha value is -2.69. The molecule has 122 valence electrons. The third-order valence-corrected chi connectivity index (χ3v) is 2.79. The fourth-order valence-corrected chi connectivity index (χ4v) is 1.79. The first-order chi connectivity index (χ1) is 11.3. The molecule has 2 aromatic rings.